The van der Waals surface area contributed by atoms with E-state index in [9.17, 15) is 0 Å². The molecule has 6 nitrogen and oxygen atoms in total. The van der Waals surface area contributed by atoms with E-state index in [2.05, 4.69) is 46.6 Å². The lowest BCUT2D eigenvalue weighted by Crippen LogP contribution is -2.27. The third-order valence-corrected chi connectivity index (χ3v) is 2.42. The zero-order chi connectivity index (χ0) is 14.6. The summed E-state index contributed by atoms with van der Waals surface area (Å²) in [5.41, 5.74) is 0.710. The van der Waals surface area contributed by atoms with Crippen LogP contribution < -0.4 is 15.4 Å². The Labute approximate surface area is 118 Å². The maximum absolute atomic E-state index is 5.27. The minimum atomic E-state index is -0.0856. The van der Waals surface area contributed by atoms with E-state index in [4.69, 9.17) is 4.74 Å². The van der Waals surface area contributed by atoms with E-state index in [0.717, 1.165) is 11.4 Å². The van der Waals surface area contributed by atoms with Crippen molar-refractivity contribution in [2.24, 2.45) is 0 Å². The molecular weight excluding hydrogens is 254 g/mol. The summed E-state index contributed by atoms with van der Waals surface area (Å²) in [6.45, 7) is 6.17. The average Bonchev–Trinajstić information content (AvgIpc) is 2.38. The van der Waals surface area contributed by atoms with Gasteiger partial charge in [0.05, 0.1) is 19.0 Å². The maximum atomic E-state index is 5.27. The third-order valence-electron chi connectivity index (χ3n) is 2.42. The molecule has 1 heterocycles. The van der Waals surface area contributed by atoms with Crippen LogP contribution in [0.15, 0.2) is 30.5 Å². The van der Waals surface area contributed by atoms with Crippen molar-refractivity contribution in [2.75, 3.05) is 17.7 Å². The number of nitrogens with zero attached hydrogens (tertiary/aromatic N) is 3. The number of benzene rings is 1. The second-order valence-electron chi connectivity index (χ2n) is 5.37. The molecule has 0 bridgehead atoms. The minimum absolute atomic E-state index is 0.0856. The predicted octanol–water partition coefficient (Wildman–Crippen LogP) is 2.83. The molecule has 6 heteroatoms. The van der Waals surface area contributed by atoms with Crippen LogP contribution in [0.3, 0.4) is 0 Å². The SMILES string of the molecule is COc1ccccc1Nc1nncc(NC(C)(C)C)n1. The van der Waals surface area contributed by atoms with Gasteiger partial charge >= 0.3 is 0 Å². The second kappa shape index (κ2) is 5.73. The number of hydrogen-bond donors (Lipinski definition) is 2. The number of aromatic nitrogens is 3. The van der Waals surface area contributed by atoms with Gasteiger partial charge < -0.3 is 15.4 Å². The summed E-state index contributed by atoms with van der Waals surface area (Å²) in [5.74, 6) is 1.82. The topological polar surface area (TPSA) is 72.0 Å². The molecule has 1 aromatic carbocycles. The molecule has 1 aromatic heterocycles. The Bertz CT molecular complexity index is 580. The zero-order valence-corrected chi connectivity index (χ0v) is 12.1. The van der Waals surface area contributed by atoms with Crippen LogP contribution in [0.4, 0.5) is 17.5 Å². The van der Waals surface area contributed by atoms with Crippen molar-refractivity contribution in [1.29, 1.82) is 0 Å². The van der Waals surface area contributed by atoms with E-state index >= 15 is 0 Å². The monoisotopic (exact) mass is 273 g/mol. The lowest BCUT2D eigenvalue weighted by Gasteiger charge is -2.21. The first kappa shape index (κ1) is 14.0. The standard InChI is InChI=1S/C14H19N5O/c1-14(2,3)18-12-9-15-19-13(17-12)16-10-7-5-6-8-11(10)20-4/h5-9H,1-4H3,(H2,16,17,18,19). The Kier molecular flexibility index (Phi) is 4.02. The van der Waals surface area contributed by atoms with Gasteiger partial charge in [-0.3, -0.25) is 0 Å². The first-order chi connectivity index (χ1) is 9.48. The summed E-state index contributed by atoms with van der Waals surface area (Å²) in [6.07, 6.45) is 1.60. The molecular formula is C14H19N5O. The lowest BCUT2D eigenvalue weighted by atomic mass is 10.1. The number of para-hydroxylation sites is 2. The van der Waals surface area contributed by atoms with Crippen molar-refractivity contribution in [3.05, 3.63) is 30.5 Å². The second-order valence-corrected chi connectivity index (χ2v) is 5.37. The highest BCUT2D eigenvalue weighted by Gasteiger charge is 2.11. The van der Waals surface area contributed by atoms with Gasteiger partial charge in [0.25, 0.3) is 0 Å². The number of methoxy groups -OCH3 is 1. The van der Waals surface area contributed by atoms with Crippen LogP contribution in [-0.2, 0) is 0 Å². The predicted molar refractivity (Wildman–Crippen MR) is 79.5 cm³/mol. The molecule has 20 heavy (non-hydrogen) atoms. The van der Waals surface area contributed by atoms with Gasteiger partial charge in [-0.2, -0.15) is 10.1 Å². The Balaban J connectivity index is 2.19. The summed E-state index contributed by atoms with van der Waals surface area (Å²) >= 11 is 0. The van der Waals surface area contributed by atoms with Crippen LogP contribution in [0.5, 0.6) is 5.75 Å². The van der Waals surface area contributed by atoms with E-state index in [1.165, 1.54) is 0 Å². The Morgan fingerprint density at radius 3 is 2.60 bits per heavy atom. The van der Waals surface area contributed by atoms with E-state index < -0.39 is 0 Å². The van der Waals surface area contributed by atoms with Gasteiger partial charge in [-0.25, -0.2) is 0 Å². The molecule has 0 fully saturated rings. The molecule has 0 saturated carbocycles. The first-order valence-electron chi connectivity index (χ1n) is 6.36. The van der Waals surface area contributed by atoms with Crippen LogP contribution in [-0.4, -0.2) is 27.8 Å². The molecule has 0 aliphatic heterocycles. The third kappa shape index (κ3) is 3.81. The summed E-state index contributed by atoms with van der Waals surface area (Å²) in [7, 11) is 1.62. The Hall–Kier alpha value is -2.37. The molecule has 0 aliphatic carbocycles. The number of nitrogens with one attached hydrogen (secondary N) is 2. The Morgan fingerprint density at radius 1 is 1.15 bits per heavy atom. The van der Waals surface area contributed by atoms with Crippen LogP contribution in [0.1, 0.15) is 20.8 Å². The smallest absolute Gasteiger partial charge is 0.249 e. The van der Waals surface area contributed by atoms with Crippen molar-refractivity contribution in [2.45, 2.75) is 26.3 Å². The fraction of sp³-hybridized carbons (Fsp3) is 0.357. The van der Waals surface area contributed by atoms with E-state index in [1.807, 2.05) is 24.3 Å². The van der Waals surface area contributed by atoms with Crippen molar-refractivity contribution in [1.82, 2.24) is 15.2 Å². The fourth-order valence-electron chi connectivity index (χ4n) is 1.67. The van der Waals surface area contributed by atoms with Gasteiger partial charge in [0.2, 0.25) is 5.95 Å². The molecule has 2 aromatic rings. The van der Waals surface area contributed by atoms with Crippen LogP contribution >= 0.6 is 0 Å². The highest BCUT2D eigenvalue weighted by Crippen LogP contribution is 2.25. The minimum Gasteiger partial charge on any atom is -0.495 e. The van der Waals surface area contributed by atoms with Crippen molar-refractivity contribution < 1.29 is 4.74 Å². The van der Waals surface area contributed by atoms with Crippen molar-refractivity contribution in [3.8, 4) is 5.75 Å². The summed E-state index contributed by atoms with van der Waals surface area (Å²) < 4.78 is 5.27. The molecule has 0 saturated heterocycles. The maximum Gasteiger partial charge on any atom is 0.249 e. The van der Waals surface area contributed by atoms with E-state index in [-0.39, 0.29) is 5.54 Å². The number of hydrogen-bond acceptors (Lipinski definition) is 6. The fourth-order valence-corrected chi connectivity index (χ4v) is 1.67. The van der Waals surface area contributed by atoms with E-state index in [1.54, 1.807) is 13.3 Å². The summed E-state index contributed by atoms with van der Waals surface area (Å²) in [5, 5.41) is 14.3. The van der Waals surface area contributed by atoms with Gasteiger partial charge in [-0.1, -0.05) is 12.1 Å². The van der Waals surface area contributed by atoms with Crippen LogP contribution in [0, 0.1) is 0 Å². The van der Waals surface area contributed by atoms with Crippen LogP contribution in [0.25, 0.3) is 0 Å². The van der Waals surface area contributed by atoms with Gasteiger partial charge in [0, 0.05) is 5.54 Å². The average molecular weight is 273 g/mol. The first-order valence-corrected chi connectivity index (χ1v) is 6.36. The molecule has 2 rings (SSSR count). The molecule has 0 unspecified atom stereocenters. The molecule has 0 amide bonds. The molecule has 0 radical (unpaired) electrons. The molecule has 0 spiro atoms. The molecule has 2 N–H and O–H groups in total. The van der Waals surface area contributed by atoms with Gasteiger partial charge in [-0.15, -0.1) is 5.10 Å². The van der Waals surface area contributed by atoms with Crippen molar-refractivity contribution >= 4 is 17.5 Å². The van der Waals surface area contributed by atoms with Crippen LogP contribution in [0.2, 0.25) is 0 Å². The van der Waals surface area contributed by atoms with Gasteiger partial charge in [0.15, 0.2) is 5.82 Å². The van der Waals surface area contributed by atoms with Gasteiger partial charge in [-0.05, 0) is 32.9 Å². The van der Waals surface area contributed by atoms with Crippen molar-refractivity contribution in [3.63, 3.8) is 0 Å². The summed E-state index contributed by atoms with van der Waals surface area (Å²) in [6, 6.07) is 7.58. The molecule has 0 atom stereocenters. The number of rotatable bonds is 4. The summed E-state index contributed by atoms with van der Waals surface area (Å²) in [4.78, 5) is 4.38. The number of anilines is 3. The quantitative estimate of drug-likeness (QED) is 0.892. The molecule has 106 valence electrons. The zero-order valence-electron chi connectivity index (χ0n) is 12.1. The largest absolute Gasteiger partial charge is 0.495 e. The highest BCUT2D eigenvalue weighted by molar-refractivity contribution is 5.62. The van der Waals surface area contributed by atoms with Gasteiger partial charge in [0.1, 0.15) is 5.75 Å². The lowest BCUT2D eigenvalue weighted by molar-refractivity contribution is 0.417. The normalized spacial score (nSPS) is 11.0. The number of ether oxygens (including phenoxy) is 1. The van der Waals surface area contributed by atoms with E-state index in [0.29, 0.717) is 11.8 Å². The highest BCUT2D eigenvalue weighted by atomic mass is 16.5. The molecule has 0 aliphatic rings. The Morgan fingerprint density at radius 2 is 1.90 bits per heavy atom.